The number of anilines is 1. The van der Waals surface area contributed by atoms with Gasteiger partial charge in [0.2, 0.25) is 0 Å². The van der Waals surface area contributed by atoms with Crippen LogP contribution in [0.25, 0.3) is 5.69 Å². The van der Waals surface area contributed by atoms with Gasteiger partial charge in [-0.25, -0.2) is 14.6 Å². The molecule has 0 N–H and O–H groups in total. The van der Waals surface area contributed by atoms with Crippen LogP contribution < -0.4 is 4.90 Å². The second-order valence-electron chi connectivity index (χ2n) is 7.35. The molecule has 1 aliphatic carbocycles. The molecule has 1 aromatic carbocycles. The van der Waals surface area contributed by atoms with E-state index in [4.69, 9.17) is 4.74 Å². The maximum absolute atomic E-state index is 5.53. The van der Waals surface area contributed by atoms with Gasteiger partial charge in [-0.2, -0.15) is 5.10 Å². The van der Waals surface area contributed by atoms with Crippen LogP contribution in [0.1, 0.15) is 36.4 Å². The molecule has 1 aliphatic heterocycles. The van der Waals surface area contributed by atoms with Crippen LogP contribution in [-0.4, -0.2) is 39.0 Å². The molecule has 2 aromatic heterocycles. The maximum Gasteiger partial charge on any atom is 0.132 e. The molecule has 0 amide bonds. The third-order valence-electron chi connectivity index (χ3n) is 5.31. The van der Waals surface area contributed by atoms with E-state index in [2.05, 4.69) is 44.4 Å². The van der Waals surface area contributed by atoms with Crippen LogP contribution in [-0.2, 0) is 11.3 Å². The number of hydrogen-bond donors (Lipinski definition) is 0. The van der Waals surface area contributed by atoms with Crippen molar-refractivity contribution in [1.29, 1.82) is 0 Å². The normalized spacial score (nSPS) is 19.3. The molecule has 0 spiro atoms. The molecule has 1 atom stereocenters. The smallest absolute Gasteiger partial charge is 0.132 e. The first kappa shape index (κ1) is 16.4. The van der Waals surface area contributed by atoms with Crippen LogP contribution in [0.15, 0.2) is 55.1 Å². The molecule has 138 valence electrons. The topological polar surface area (TPSA) is 56.1 Å². The monoisotopic (exact) mass is 361 g/mol. The lowest BCUT2D eigenvalue weighted by molar-refractivity contribution is 0.193. The van der Waals surface area contributed by atoms with Crippen molar-refractivity contribution in [2.24, 2.45) is 0 Å². The number of aromatic nitrogens is 4. The van der Waals surface area contributed by atoms with Gasteiger partial charge < -0.3 is 9.64 Å². The number of ether oxygens (including phenoxy) is 1. The van der Waals surface area contributed by atoms with Crippen molar-refractivity contribution < 1.29 is 4.74 Å². The van der Waals surface area contributed by atoms with Crippen LogP contribution in [0.5, 0.6) is 0 Å². The molecule has 1 saturated carbocycles. The lowest BCUT2D eigenvalue weighted by atomic mass is 10.0. The summed E-state index contributed by atoms with van der Waals surface area (Å²) in [4.78, 5) is 11.5. The number of benzene rings is 1. The van der Waals surface area contributed by atoms with E-state index >= 15 is 0 Å². The van der Waals surface area contributed by atoms with Crippen molar-refractivity contribution in [1.82, 2.24) is 19.7 Å². The van der Waals surface area contributed by atoms with E-state index in [-0.39, 0.29) is 0 Å². The van der Waals surface area contributed by atoms with Crippen LogP contribution in [0, 0.1) is 0 Å². The Morgan fingerprint density at radius 2 is 2.00 bits per heavy atom. The van der Waals surface area contributed by atoms with E-state index in [1.807, 2.05) is 29.1 Å². The highest BCUT2D eigenvalue weighted by atomic mass is 16.5. The number of rotatable bonds is 6. The average molecular weight is 361 g/mol. The molecule has 5 rings (SSSR count). The Kier molecular flexibility index (Phi) is 4.33. The molecule has 6 nitrogen and oxygen atoms in total. The molecule has 6 heteroatoms. The molecule has 2 aliphatic rings. The zero-order valence-electron chi connectivity index (χ0n) is 15.2. The molecule has 3 heterocycles. The summed E-state index contributed by atoms with van der Waals surface area (Å²) in [5.41, 5.74) is 3.37. The van der Waals surface area contributed by atoms with Crippen molar-refractivity contribution in [3.05, 3.63) is 66.4 Å². The SMILES string of the molecule is c1ccc(-n2cc(CN(c3cc([C@@H]4CCOC4)ncn3)C3CC3)cn2)cc1. The molecular weight excluding hydrogens is 338 g/mol. The fourth-order valence-electron chi connectivity index (χ4n) is 3.65. The van der Waals surface area contributed by atoms with Gasteiger partial charge in [-0.05, 0) is 31.4 Å². The second kappa shape index (κ2) is 7.12. The Bertz CT molecular complexity index is 900. The third kappa shape index (κ3) is 3.57. The summed E-state index contributed by atoms with van der Waals surface area (Å²) < 4.78 is 7.46. The fourth-order valence-corrected chi connectivity index (χ4v) is 3.65. The fraction of sp³-hybridized carbons (Fsp3) is 0.381. The Morgan fingerprint density at radius 1 is 1.11 bits per heavy atom. The summed E-state index contributed by atoms with van der Waals surface area (Å²) >= 11 is 0. The van der Waals surface area contributed by atoms with Crippen molar-refractivity contribution in [3.8, 4) is 5.69 Å². The van der Waals surface area contributed by atoms with Gasteiger partial charge in [0, 0.05) is 42.9 Å². The highest BCUT2D eigenvalue weighted by Gasteiger charge is 2.31. The van der Waals surface area contributed by atoms with Gasteiger partial charge in [0.1, 0.15) is 12.1 Å². The van der Waals surface area contributed by atoms with E-state index in [9.17, 15) is 0 Å². The van der Waals surface area contributed by atoms with Gasteiger partial charge in [0.15, 0.2) is 0 Å². The van der Waals surface area contributed by atoms with Gasteiger partial charge in [0.25, 0.3) is 0 Å². The predicted molar refractivity (Wildman–Crippen MR) is 103 cm³/mol. The lowest BCUT2D eigenvalue weighted by Gasteiger charge is -2.23. The minimum atomic E-state index is 0.397. The van der Waals surface area contributed by atoms with E-state index in [1.165, 1.54) is 18.4 Å². The van der Waals surface area contributed by atoms with Crippen molar-refractivity contribution in [2.75, 3.05) is 18.1 Å². The minimum Gasteiger partial charge on any atom is -0.381 e. The average Bonchev–Trinajstić information content (AvgIpc) is 3.21. The minimum absolute atomic E-state index is 0.397. The zero-order chi connectivity index (χ0) is 18.1. The molecule has 2 fully saturated rings. The van der Waals surface area contributed by atoms with E-state index in [1.54, 1.807) is 6.33 Å². The molecule has 0 bridgehead atoms. The first-order chi connectivity index (χ1) is 13.4. The predicted octanol–water partition coefficient (Wildman–Crippen LogP) is 3.34. The van der Waals surface area contributed by atoms with Crippen LogP contribution in [0.4, 0.5) is 5.82 Å². The van der Waals surface area contributed by atoms with Crippen LogP contribution in [0.3, 0.4) is 0 Å². The van der Waals surface area contributed by atoms with Gasteiger partial charge in [-0.15, -0.1) is 0 Å². The van der Waals surface area contributed by atoms with Crippen LogP contribution in [0.2, 0.25) is 0 Å². The standard InChI is InChI=1S/C21H23N5O/c1-2-4-19(5-3-1)26-13-16(11-24-26)12-25(18-6-7-18)21-10-20(22-15-23-21)17-8-9-27-14-17/h1-5,10-11,13,15,17-18H,6-9,12,14H2/t17-/m1/s1. The number of hydrogen-bond acceptors (Lipinski definition) is 5. The second-order valence-corrected chi connectivity index (χ2v) is 7.35. The quantitative estimate of drug-likeness (QED) is 0.674. The summed E-state index contributed by atoms with van der Waals surface area (Å²) in [5.74, 6) is 1.41. The lowest BCUT2D eigenvalue weighted by Crippen LogP contribution is -2.26. The Hall–Kier alpha value is -2.73. The highest BCUT2D eigenvalue weighted by molar-refractivity contribution is 5.44. The van der Waals surface area contributed by atoms with E-state index in [0.29, 0.717) is 12.0 Å². The van der Waals surface area contributed by atoms with Crippen molar-refractivity contribution >= 4 is 5.82 Å². The Morgan fingerprint density at radius 3 is 2.78 bits per heavy atom. The summed E-state index contributed by atoms with van der Waals surface area (Å²) in [6.07, 6.45) is 9.25. The molecule has 0 radical (unpaired) electrons. The molecule has 3 aromatic rings. The van der Waals surface area contributed by atoms with Gasteiger partial charge >= 0.3 is 0 Å². The first-order valence-electron chi connectivity index (χ1n) is 9.62. The van der Waals surface area contributed by atoms with Crippen LogP contribution >= 0.6 is 0 Å². The zero-order valence-corrected chi connectivity index (χ0v) is 15.2. The molecule has 0 unspecified atom stereocenters. The summed E-state index contributed by atoms with van der Waals surface area (Å²) in [7, 11) is 0. The first-order valence-corrected chi connectivity index (χ1v) is 9.62. The molecule has 27 heavy (non-hydrogen) atoms. The van der Waals surface area contributed by atoms with Crippen molar-refractivity contribution in [3.63, 3.8) is 0 Å². The highest BCUT2D eigenvalue weighted by Crippen LogP contribution is 2.33. The Labute approximate surface area is 158 Å². The number of nitrogens with zero attached hydrogens (tertiary/aromatic N) is 5. The van der Waals surface area contributed by atoms with E-state index < -0.39 is 0 Å². The molecule has 1 saturated heterocycles. The Balaban J connectivity index is 1.38. The summed E-state index contributed by atoms with van der Waals surface area (Å²) in [5, 5.41) is 4.53. The van der Waals surface area contributed by atoms with E-state index in [0.717, 1.165) is 43.4 Å². The summed E-state index contributed by atoms with van der Waals surface area (Å²) in [6.45, 7) is 2.41. The van der Waals surface area contributed by atoms with Gasteiger partial charge in [-0.1, -0.05) is 18.2 Å². The largest absolute Gasteiger partial charge is 0.381 e. The van der Waals surface area contributed by atoms with Gasteiger partial charge in [-0.3, -0.25) is 0 Å². The maximum atomic E-state index is 5.53. The number of para-hydroxylation sites is 1. The van der Waals surface area contributed by atoms with Gasteiger partial charge in [0.05, 0.1) is 24.2 Å². The third-order valence-corrected chi connectivity index (χ3v) is 5.31. The summed E-state index contributed by atoms with van der Waals surface area (Å²) in [6, 6.07) is 12.9. The van der Waals surface area contributed by atoms with Crippen molar-refractivity contribution in [2.45, 2.75) is 37.8 Å². The molecular formula is C21H23N5O.